The number of rotatable bonds is 3. The Balaban J connectivity index is 2.53. The summed E-state index contributed by atoms with van der Waals surface area (Å²) in [4.78, 5) is 0. The summed E-state index contributed by atoms with van der Waals surface area (Å²) >= 11 is 11.4. The van der Waals surface area contributed by atoms with Crippen LogP contribution in [0, 0.1) is 10.7 Å². The van der Waals surface area contributed by atoms with Gasteiger partial charge in [0.1, 0.15) is 0 Å². The Morgan fingerprint density at radius 2 is 2.12 bits per heavy atom. The summed E-state index contributed by atoms with van der Waals surface area (Å²) in [6, 6.07) is 7.65. The lowest BCUT2D eigenvalue weighted by Crippen LogP contribution is -2.06. The zero-order valence-electron chi connectivity index (χ0n) is 9.77. The van der Waals surface area contributed by atoms with E-state index in [4.69, 9.17) is 23.8 Å². The number of halogens is 1. The Kier molecular flexibility index (Phi) is 3.64. The molecule has 2 aromatic rings. The normalized spacial score (nSPS) is 11.1. The largest absolute Gasteiger partial charge is 0.300 e. The highest BCUT2D eigenvalue weighted by molar-refractivity contribution is 7.71. The fraction of sp³-hybridized carbons (Fsp3) is 0.333. The summed E-state index contributed by atoms with van der Waals surface area (Å²) in [6.07, 6.45) is 0. The molecule has 0 saturated carbocycles. The molecular weight excluding hydrogens is 254 g/mol. The smallest absolute Gasteiger partial charge is 0.195 e. The highest BCUT2D eigenvalue weighted by atomic mass is 35.5. The quantitative estimate of drug-likeness (QED) is 0.856. The average molecular weight is 268 g/mol. The molecule has 1 aromatic carbocycles. The molecule has 90 valence electrons. The lowest BCUT2D eigenvalue weighted by molar-refractivity contribution is 0.521. The maximum atomic E-state index is 6.18. The molecule has 0 unspecified atom stereocenters. The van der Waals surface area contributed by atoms with Crippen LogP contribution in [-0.2, 0) is 6.54 Å². The fourth-order valence-electron chi connectivity index (χ4n) is 1.70. The van der Waals surface area contributed by atoms with Crippen molar-refractivity contribution in [3.8, 4) is 11.4 Å². The molecule has 0 fully saturated rings. The van der Waals surface area contributed by atoms with Gasteiger partial charge in [-0.15, -0.1) is 0 Å². The van der Waals surface area contributed by atoms with Gasteiger partial charge < -0.3 is 0 Å². The Morgan fingerprint density at radius 3 is 2.76 bits per heavy atom. The van der Waals surface area contributed by atoms with Gasteiger partial charge in [-0.25, -0.2) is 0 Å². The van der Waals surface area contributed by atoms with Crippen LogP contribution in [0.1, 0.15) is 13.8 Å². The van der Waals surface area contributed by atoms with Crippen LogP contribution in [0.25, 0.3) is 11.4 Å². The molecule has 0 amide bonds. The van der Waals surface area contributed by atoms with Crippen LogP contribution >= 0.6 is 23.8 Å². The van der Waals surface area contributed by atoms with E-state index in [1.54, 1.807) is 0 Å². The van der Waals surface area contributed by atoms with Crippen molar-refractivity contribution in [3.05, 3.63) is 34.1 Å². The molecule has 0 atom stereocenters. The number of hydrogen-bond acceptors (Lipinski definition) is 2. The van der Waals surface area contributed by atoms with Gasteiger partial charge in [0, 0.05) is 12.1 Å². The average Bonchev–Trinajstić information content (AvgIpc) is 2.61. The molecule has 1 N–H and O–H groups in total. The first-order valence-corrected chi connectivity index (χ1v) is 6.28. The highest BCUT2D eigenvalue weighted by Gasteiger charge is 2.12. The van der Waals surface area contributed by atoms with Gasteiger partial charge in [-0.3, -0.25) is 9.67 Å². The first kappa shape index (κ1) is 12.3. The summed E-state index contributed by atoms with van der Waals surface area (Å²) in [5, 5.41) is 7.77. The van der Waals surface area contributed by atoms with Gasteiger partial charge in [-0.2, -0.15) is 5.10 Å². The summed E-state index contributed by atoms with van der Waals surface area (Å²) in [5.41, 5.74) is 0.905. The molecule has 1 heterocycles. The second-order valence-corrected chi connectivity index (χ2v) is 5.13. The SMILES string of the molecule is CC(C)Cn1c(-c2ccccc2Cl)n[nH]c1=S. The van der Waals surface area contributed by atoms with Gasteiger partial charge in [-0.05, 0) is 30.3 Å². The minimum absolute atomic E-state index is 0.500. The van der Waals surface area contributed by atoms with E-state index in [1.807, 2.05) is 28.8 Å². The van der Waals surface area contributed by atoms with Crippen molar-refractivity contribution in [3.63, 3.8) is 0 Å². The van der Waals surface area contributed by atoms with Crippen molar-refractivity contribution in [1.82, 2.24) is 14.8 Å². The lowest BCUT2D eigenvalue weighted by atomic mass is 10.2. The number of H-pyrrole nitrogens is 1. The van der Waals surface area contributed by atoms with Crippen LogP contribution < -0.4 is 0 Å². The topological polar surface area (TPSA) is 33.6 Å². The van der Waals surface area contributed by atoms with E-state index in [0.717, 1.165) is 17.9 Å². The molecule has 0 spiro atoms. The van der Waals surface area contributed by atoms with Crippen LogP contribution in [0.3, 0.4) is 0 Å². The van der Waals surface area contributed by atoms with Crippen LogP contribution in [0.15, 0.2) is 24.3 Å². The maximum Gasteiger partial charge on any atom is 0.195 e. The van der Waals surface area contributed by atoms with E-state index in [2.05, 4.69) is 24.0 Å². The summed E-state index contributed by atoms with van der Waals surface area (Å²) in [5.74, 6) is 1.30. The number of aromatic nitrogens is 3. The predicted molar refractivity (Wildman–Crippen MR) is 72.7 cm³/mol. The number of benzene rings is 1. The monoisotopic (exact) mass is 267 g/mol. The number of hydrogen-bond donors (Lipinski definition) is 1. The van der Waals surface area contributed by atoms with Crippen LogP contribution in [0.4, 0.5) is 0 Å². The molecule has 0 bridgehead atoms. The van der Waals surface area contributed by atoms with Crippen molar-refractivity contribution < 1.29 is 0 Å². The fourth-order valence-corrected chi connectivity index (χ4v) is 2.13. The molecule has 0 radical (unpaired) electrons. The highest BCUT2D eigenvalue weighted by Crippen LogP contribution is 2.26. The second-order valence-electron chi connectivity index (χ2n) is 4.34. The third-order valence-corrected chi connectivity index (χ3v) is 3.06. The first-order chi connectivity index (χ1) is 8.09. The minimum Gasteiger partial charge on any atom is -0.300 e. The van der Waals surface area contributed by atoms with E-state index in [9.17, 15) is 0 Å². The molecule has 5 heteroatoms. The third kappa shape index (κ3) is 2.58. The Morgan fingerprint density at radius 1 is 1.41 bits per heavy atom. The van der Waals surface area contributed by atoms with Crippen molar-refractivity contribution in [1.29, 1.82) is 0 Å². The molecule has 0 aliphatic heterocycles. The van der Waals surface area contributed by atoms with Crippen LogP contribution in [-0.4, -0.2) is 14.8 Å². The molecule has 17 heavy (non-hydrogen) atoms. The first-order valence-electron chi connectivity index (χ1n) is 5.49. The second kappa shape index (κ2) is 5.02. The van der Waals surface area contributed by atoms with Gasteiger partial charge >= 0.3 is 0 Å². The van der Waals surface area contributed by atoms with Crippen LogP contribution in [0.2, 0.25) is 5.02 Å². The van der Waals surface area contributed by atoms with Crippen molar-refractivity contribution >= 4 is 23.8 Å². The summed E-state index contributed by atoms with van der Waals surface area (Å²) in [7, 11) is 0. The molecule has 0 saturated heterocycles. The Labute approximate surface area is 110 Å². The lowest BCUT2D eigenvalue weighted by Gasteiger charge is -2.10. The van der Waals surface area contributed by atoms with E-state index in [-0.39, 0.29) is 0 Å². The molecule has 0 aliphatic carbocycles. The predicted octanol–water partition coefficient (Wildman–Crippen LogP) is 3.92. The molecule has 0 aliphatic rings. The van der Waals surface area contributed by atoms with Gasteiger partial charge in [0.15, 0.2) is 10.6 Å². The zero-order chi connectivity index (χ0) is 12.4. The Hall–Kier alpha value is -1.13. The van der Waals surface area contributed by atoms with Crippen molar-refractivity contribution in [2.24, 2.45) is 5.92 Å². The number of nitrogens with one attached hydrogen (secondary N) is 1. The van der Waals surface area contributed by atoms with E-state index in [0.29, 0.717) is 15.7 Å². The van der Waals surface area contributed by atoms with E-state index < -0.39 is 0 Å². The Bertz CT molecular complexity index is 571. The van der Waals surface area contributed by atoms with E-state index >= 15 is 0 Å². The van der Waals surface area contributed by atoms with Gasteiger partial charge in [0.2, 0.25) is 0 Å². The summed E-state index contributed by atoms with van der Waals surface area (Å²) in [6.45, 7) is 5.12. The zero-order valence-corrected chi connectivity index (χ0v) is 11.3. The summed E-state index contributed by atoms with van der Waals surface area (Å²) < 4.78 is 2.62. The van der Waals surface area contributed by atoms with E-state index in [1.165, 1.54) is 0 Å². The van der Waals surface area contributed by atoms with Gasteiger partial charge in [0.05, 0.1) is 5.02 Å². The van der Waals surface area contributed by atoms with Crippen molar-refractivity contribution in [2.45, 2.75) is 20.4 Å². The van der Waals surface area contributed by atoms with Gasteiger partial charge in [-0.1, -0.05) is 37.6 Å². The van der Waals surface area contributed by atoms with Gasteiger partial charge in [0.25, 0.3) is 0 Å². The van der Waals surface area contributed by atoms with Crippen molar-refractivity contribution in [2.75, 3.05) is 0 Å². The maximum absolute atomic E-state index is 6.18. The third-order valence-electron chi connectivity index (χ3n) is 2.42. The standard InChI is InChI=1S/C12H14ClN3S/c1-8(2)7-16-11(14-15-12(16)17)9-5-3-4-6-10(9)13/h3-6,8H,7H2,1-2H3,(H,15,17). The molecule has 2 rings (SSSR count). The minimum atomic E-state index is 0.500. The van der Waals surface area contributed by atoms with Crippen LogP contribution in [0.5, 0.6) is 0 Å². The molecular formula is C12H14ClN3S. The number of aromatic amines is 1. The molecule has 1 aromatic heterocycles. The molecule has 3 nitrogen and oxygen atoms in total. The number of nitrogens with zero attached hydrogens (tertiary/aromatic N) is 2.